The molecule has 0 saturated heterocycles. The summed E-state index contributed by atoms with van der Waals surface area (Å²) in [5, 5.41) is 4.93. The van der Waals surface area contributed by atoms with Gasteiger partial charge in [-0.05, 0) is 18.2 Å². The molecule has 1 amide bonds. The number of carbonyl (C=O) groups is 1. The van der Waals surface area contributed by atoms with Crippen LogP contribution in [0.4, 0.5) is 8.78 Å². The number of carbonyl (C=O) groups excluding carboxylic acids is 1. The van der Waals surface area contributed by atoms with Crippen molar-refractivity contribution >= 4 is 23.0 Å². The lowest BCUT2D eigenvalue weighted by Crippen LogP contribution is -2.41. The first-order valence-electron chi connectivity index (χ1n) is 8.73. The Morgan fingerprint density at radius 1 is 1.34 bits per heavy atom. The van der Waals surface area contributed by atoms with Gasteiger partial charge in [-0.2, -0.15) is 5.10 Å². The highest BCUT2D eigenvalue weighted by molar-refractivity contribution is 6.29. The Balaban J connectivity index is 1.63. The number of oxazole rings is 1. The van der Waals surface area contributed by atoms with Crippen molar-refractivity contribution in [3.8, 4) is 0 Å². The number of amides is 1. The fourth-order valence-corrected chi connectivity index (χ4v) is 3.84. The van der Waals surface area contributed by atoms with Gasteiger partial charge in [-0.3, -0.25) is 4.79 Å². The Hall–Kier alpha value is -3.27. The highest BCUT2D eigenvalue weighted by Crippen LogP contribution is 2.35. The van der Waals surface area contributed by atoms with Crippen LogP contribution in [0.1, 0.15) is 45.8 Å². The van der Waals surface area contributed by atoms with Crippen LogP contribution < -0.4 is 0 Å². The zero-order valence-corrected chi connectivity index (χ0v) is 15.5. The van der Waals surface area contributed by atoms with Crippen LogP contribution in [0.2, 0.25) is 5.15 Å². The number of nitrogens with one attached hydrogen (secondary N) is 1. The number of H-pyrrole nitrogens is 1. The van der Waals surface area contributed by atoms with Crippen molar-refractivity contribution in [3.63, 3.8) is 0 Å². The van der Waals surface area contributed by atoms with Gasteiger partial charge in [0.15, 0.2) is 12.1 Å². The van der Waals surface area contributed by atoms with E-state index in [0.29, 0.717) is 23.0 Å². The van der Waals surface area contributed by atoms with Crippen molar-refractivity contribution in [1.82, 2.24) is 29.5 Å². The van der Waals surface area contributed by atoms with Crippen LogP contribution in [0.5, 0.6) is 0 Å². The number of hydrogen-bond acceptors (Lipinski definition) is 5. The van der Waals surface area contributed by atoms with E-state index in [9.17, 15) is 13.6 Å². The maximum absolute atomic E-state index is 13.2. The lowest BCUT2D eigenvalue weighted by Gasteiger charge is -2.33. The molecular formula is C18H13ClF2N6O2. The number of hydrogen-bond donors (Lipinski definition) is 1. The SMILES string of the molecule is O=C(c1ocnc1C(F)F)N1CCc2[nH]cnc2[C@H]1c1cc2cccc(Cl)n2n1. The van der Waals surface area contributed by atoms with E-state index < -0.39 is 29.8 Å². The lowest BCUT2D eigenvalue weighted by molar-refractivity contribution is 0.0639. The summed E-state index contributed by atoms with van der Waals surface area (Å²) >= 11 is 6.22. The van der Waals surface area contributed by atoms with E-state index in [4.69, 9.17) is 16.0 Å². The molecule has 0 radical (unpaired) electrons. The molecule has 0 bridgehead atoms. The number of fused-ring (bicyclic) bond motifs is 2. The minimum atomic E-state index is -2.93. The van der Waals surface area contributed by atoms with E-state index in [-0.39, 0.29) is 6.54 Å². The van der Waals surface area contributed by atoms with E-state index in [1.165, 1.54) is 11.2 Å². The molecule has 0 aromatic carbocycles. The second-order valence-corrected chi connectivity index (χ2v) is 6.93. The number of halogens is 3. The zero-order valence-electron chi connectivity index (χ0n) is 14.7. The average Bonchev–Trinajstić information content (AvgIpc) is 3.44. The summed E-state index contributed by atoms with van der Waals surface area (Å²) < 4.78 is 33.0. The molecule has 1 aliphatic heterocycles. The van der Waals surface area contributed by atoms with Gasteiger partial charge in [0.1, 0.15) is 11.2 Å². The smallest absolute Gasteiger partial charge is 0.292 e. The monoisotopic (exact) mass is 418 g/mol. The van der Waals surface area contributed by atoms with E-state index in [2.05, 4.69) is 20.1 Å². The molecular weight excluding hydrogens is 406 g/mol. The molecule has 1 N–H and O–H groups in total. The minimum Gasteiger partial charge on any atom is -0.438 e. The fourth-order valence-electron chi connectivity index (χ4n) is 3.63. The molecule has 0 aliphatic carbocycles. The first-order chi connectivity index (χ1) is 14.0. The number of imidazole rings is 1. The van der Waals surface area contributed by atoms with Crippen LogP contribution in [0.3, 0.4) is 0 Å². The molecule has 0 fully saturated rings. The van der Waals surface area contributed by atoms with Gasteiger partial charge < -0.3 is 14.3 Å². The molecule has 0 unspecified atom stereocenters. The normalized spacial score (nSPS) is 16.6. The molecule has 4 aromatic rings. The summed E-state index contributed by atoms with van der Waals surface area (Å²) in [6.45, 7) is 0.268. The van der Waals surface area contributed by atoms with Crippen molar-refractivity contribution in [2.24, 2.45) is 0 Å². The van der Waals surface area contributed by atoms with Crippen LogP contribution in [0.25, 0.3) is 5.52 Å². The van der Waals surface area contributed by atoms with E-state index in [1.54, 1.807) is 22.7 Å². The van der Waals surface area contributed by atoms with E-state index in [0.717, 1.165) is 17.6 Å². The second-order valence-electron chi connectivity index (χ2n) is 6.54. The third-order valence-corrected chi connectivity index (χ3v) is 5.21. The first kappa shape index (κ1) is 17.8. The molecule has 11 heteroatoms. The number of aromatic amines is 1. The number of alkyl halides is 2. The summed E-state index contributed by atoms with van der Waals surface area (Å²) in [6, 6.07) is 6.40. The molecule has 1 aliphatic rings. The largest absolute Gasteiger partial charge is 0.438 e. The quantitative estimate of drug-likeness (QED) is 0.515. The summed E-state index contributed by atoms with van der Waals surface area (Å²) in [4.78, 5) is 25.5. The molecule has 0 spiro atoms. The van der Waals surface area contributed by atoms with Gasteiger partial charge in [0, 0.05) is 18.7 Å². The van der Waals surface area contributed by atoms with Gasteiger partial charge >= 0.3 is 0 Å². The maximum atomic E-state index is 13.2. The van der Waals surface area contributed by atoms with Crippen molar-refractivity contribution in [2.75, 3.05) is 6.54 Å². The highest BCUT2D eigenvalue weighted by Gasteiger charge is 2.39. The third kappa shape index (κ3) is 2.79. The van der Waals surface area contributed by atoms with Gasteiger partial charge in [-0.1, -0.05) is 17.7 Å². The van der Waals surface area contributed by atoms with Crippen LogP contribution in [0.15, 0.2) is 41.4 Å². The molecule has 5 rings (SSSR count). The number of pyridine rings is 1. The molecule has 5 heterocycles. The number of nitrogens with zero attached hydrogens (tertiary/aromatic N) is 5. The summed E-state index contributed by atoms with van der Waals surface area (Å²) in [7, 11) is 0. The third-order valence-electron chi connectivity index (χ3n) is 4.92. The van der Waals surface area contributed by atoms with Crippen LogP contribution in [0, 0.1) is 0 Å². The standard InChI is InChI=1S/C18H13ClF2N6O2/c19-12-3-1-2-9-6-11(25-27(9)12)15-13-10(22-7-23-13)4-5-26(15)18(28)16-14(17(20)21)24-8-29-16/h1-3,6-8,15,17H,4-5H2,(H,22,23)/t15-/m1/s1. The average molecular weight is 419 g/mol. The Bertz CT molecular complexity index is 1220. The zero-order chi connectivity index (χ0) is 20.1. The minimum absolute atomic E-state index is 0.268. The summed E-state index contributed by atoms with van der Waals surface area (Å²) in [6.07, 6.45) is -0.0544. The van der Waals surface area contributed by atoms with Crippen molar-refractivity contribution < 1.29 is 18.0 Å². The summed E-state index contributed by atoms with van der Waals surface area (Å²) in [5.74, 6) is -1.18. The first-order valence-corrected chi connectivity index (χ1v) is 9.11. The molecule has 8 nitrogen and oxygen atoms in total. The summed E-state index contributed by atoms with van der Waals surface area (Å²) in [5.41, 5.74) is 2.02. The Morgan fingerprint density at radius 3 is 3.00 bits per heavy atom. The van der Waals surface area contributed by atoms with E-state index >= 15 is 0 Å². The van der Waals surface area contributed by atoms with Crippen molar-refractivity contribution in [2.45, 2.75) is 18.9 Å². The lowest BCUT2D eigenvalue weighted by atomic mass is 9.99. The maximum Gasteiger partial charge on any atom is 0.292 e. The highest BCUT2D eigenvalue weighted by atomic mass is 35.5. The predicted octanol–water partition coefficient (Wildman–Crippen LogP) is 3.42. The Morgan fingerprint density at radius 2 is 2.21 bits per heavy atom. The molecule has 0 saturated carbocycles. The van der Waals surface area contributed by atoms with Crippen LogP contribution >= 0.6 is 11.6 Å². The van der Waals surface area contributed by atoms with Gasteiger partial charge in [0.2, 0.25) is 5.76 Å². The van der Waals surface area contributed by atoms with Crippen LogP contribution in [-0.2, 0) is 6.42 Å². The van der Waals surface area contributed by atoms with Crippen LogP contribution in [-0.4, -0.2) is 41.9 Å². The van der Waals surface area contributed by atoms with Gasteiger partial charge in [-0.15, -0.1) is 0 Å². The number of aromatic nitrogens is 5. The van der Waals surface area contributed by atoms with E-state index in [1.807, 2.05) is 6.07 Å². The van der Waals surface area contributed by atoms with Crippen molar-refractivity contribution in [3.05, 3.63) is 70.7 Å². The molecule has 1 atom stereocenters. The number of rotatable bonds is 3. The predicted molar refractivity (Wildman–Crippen MR) is 96.8 cm³/mol. The fraction of sp³-hybridized carbons (Fsp3) is 0.222. The van der Waals surface area contributed by atoms with Gasteiger partial charge in [0.25, 0.3) is 12.3 Å². The second kappa shape index (κ2) is 6.66. The van der Waals surface area contributed by atoms with Gasteiger partial charge in [0.05, 0.1) is 23.2 Å². The topological polar surface area (TPSA) is 92.3 Å². The van der Waals surface area contributed by atoms with Crippen molar-refractivity contribution in [1.29, 1.82) is 0 Å². The molecule has 148 valence electrons. The molecule has 4 aromatic heterocycles. The van der Waals surface area contributed by atoms with Gasteiger partial charge in [-0.25, -0.2) is 23.3 Å². The Labute approximate surface area is 167 Å². The molecule has 29 heavy (non-hydrogen) atoms. The Kier molecular flexibility index (Phi) is 4.09.